The van der Waals surface area contributed by atoms with Crippen LogP contribution in [0.15, 0.2) is 11.6 Å². The maximum Gasteiger partial charge on any atom is 0.242 e. The van der Waals surface area contributed by atoms with Gasteiger partial charge in [-0.15, -0.1) is 0 Å². The van der Waals surface area contributed by atoms with Crippen molar-refractivity contribution >= 4 is 17.7 Å². The molecular formula is C15H22N2O3. The lowest BCUT2D eigenvalue weighted by molar-refractivity contribution is -0.146. The lowest BCUT2D eigenvalue weighted by Gasteiger charge is -2.22. The van der Waals surface area contributed by atoms with Gasteiger partial charge in [0.2, 0.25) is 17.7 Å². The zero-order valence-corrected chi connectivity index (χ0v) is 12.4. The van der Waals surface area contributed by atoms with Crippen molar-refractivity contribution in [2.45, 2.75) is 33.6 Å². The van der Waals surface area contributed by atoms with E-state index in [1.807, 2.05) is 26.8 Å². The van der Waals surface area contributed by atoms with Gasteiger partial charge in [-0.25, -0.2) is 0 Å². The van der Waals surface area contributed by atoms with Crippen LogP contribution in [0, 0.1) is 11.8 Å². The third kappa shape index (κ3) is 2.49. The number of hydrogen-bond donors (Lipinski definition) is 0. The highest BCUT2D eigenvalue weighted by Gasteiger charge is 2.48. The van der Waals surface area contributed by atoms with Gasteiger partial charge in [0.1, 0.15) is 6.54 Å². The molecule has 0 radical (unpaired) electrons. The lowest BCUT2D eigenvalue weighted by atomic mass is 9.82. The van der Waals surface area contributed by atoms with Gasteiger partial charge in [-0.05, 0) is 33.6 Å². The van der Waals surface area contributed by atoms with E-state index in [-0.39, 0.29) is 36.1 Å². The molecule has 2 aliphatic rings. The second-order valence-electron chi connectivity index (χ2n) is 5.53. The SMILES string of the molecule is CCN(CC)C(=O)CN1C(=O)[C@H]2CC=C(C)C[C@H]2C1=O. The summed E-state index contributed by atoms with van der Waals surface area (Å²) >= 11 is 0. The molecule has 5 nitrogen and oxygen atoms in total. The minimum absolute atomic E-state index is 0.106. The first-order valence-electron chi connectivity index (χ1n) is 7.28. The van der Waals surface area contributed by atoms with Crippen molar-refractivity contribution in [3.63, 3.8) is 0 Å². The first-order valence-corrected chi connectivity index (χ1v) is 7.28. The van der Waals surface area contributed by atoms with E-state index < -0.39 is 0 Å². The maximum absolute atomic E-state index is 12.3. The number of fused-ring (bicyclic) bond motifs is 1. The first-order chi connectivity index (χ1) is 9.49. The van der Waals surface area contributed by atoms with Gasteiger partial charge in [0.15, 0.2) is 0 Å². The van der Waals surface area contributed by atoms with E-state index >= 15 is 0 Å². The van der Waals surface area contributed by atoms with Crippen molar-refractivity contribution in [2.75, 3.05) is 19.6 Å². The maximum atomic E-state index is 12.3. The fourth-order valence-electron chi connectivity index (χ4n) is 3.07. The van der Waals surface area contributed by atoms with Crippen molar-refractivity contribution in [2.24, 2.45) is 11.8 Å². The number of carbonyl (C=O) groups excluding carboxylic acids is 3. The molecule has 0 N–H and O–H groups in total. The normalized spacial score (nSPS) is 25.6. The summed E-state index contributed by atoms with van der Waals surface area (Å²) in [6.07, 6.45) is 3.30. The molecule has 5 heteroatoms. The number of rotatable bonds is 4. The molecular weight excluding hydrogens is 256 g/mol. The fourth-order valence-corrected chi connectivity index (χ4v) is 3.07. The number of hydrogen-bond acceptors (Lipinski definition) is 3. The third-order valence-corrected chi connectivity index (χ3v) is 4.32. The van der Waals surface area contributed by atoms with Gasteiger partial charge < -0.3 is 4.90 Å². The minimum Gasteiger partial charge on any atom is -0.342 e. The summed E-state index contributed by atoms with van der Waals surface area (Å²) in [5.41, 5.74) is 1.16. The van der Waals surface area contributed by atoms with Crippen LogP contribution >= 0.6 is 0 Å². The van der Waals surface area contributed by atoms with Crippen molar-refractivity contribution in [3.8, 4) is 0 Å². The summed E-state index contributed by atoms with van der Waals surface area (Å²) in [7, 11) is 0. The molecule has 0 aromatic heterocycles. The van der Waals surface area contributed by atoms with Gasteiger partial charge in [0.25, 0.3) is 0 Å². The Morgan fingerprint density at radius 1 is 1.25 bits per heavy atom. The molecule has 3 amide bonds. The number of amides is 3. The fraction of sp³-hybridized carbons (Fsp3) is 0.667. The van der Waals surface area contributed by atoms with E-state index in [4.69, 9.17) is 0 Å². The van der Waals surface area contributed by atoms with Crippen molar-refractivity contribution in [3.05, 3.63) is 11.6 Å². The quantitative estimate of drug-likeness (QED) is 0.573. The molecule has 0 aromatic rings. The first kappa shape index (κ1) is 14.8. The molecule has 0 aromatic carbocycles. The van der Waals surface area contributed by atoms with Gasteiger partial charge >= 0.3 is 0 Å². The molecule has 1 heterocycles. The number of imide groups is 1. The smallest absolute Gasteiger partial charge is 0.242 e. The van der Waals surface area contributed by atoms with E-state index in [1.165, 1.54) is 4.90 Å². The van der Waals surface area contributed by atoms with Gasteiger partial charge in [-0.3, -0.25) is 19.3 Å². The van der Waals surface area contributed by atoms with Crippen LogP contribution < -0.4 is 0 Å². The number of likely N-dealkylation sites (N-methyl/N-ethyl adjacent to an activating group) is 1. The molecule has 1 aliphatic carbocycles. The average Bonchev–Trinajstić information content (AvgIpc) is 2.65. The second kappa shape index (κ2) is 5.77. The minimum atomic E-state index is -0.254. The van der Waals surface area contributed by atoms with Crippen LogP contribution in [0.4, 0.5) is 0 Å². The van der Waals surface area contributed by atoms with Gasteiger partial charge in [0.05, 0.1) is 11.8 Å². The van der Waals surface area contributed by atoms with Crippen LogP contribution in [0.25, 0.3) is 0 Å². The third-order valence-electron chi connectivity index (χ3n) is 4.32. The summed E-state index contributed by atoms with van der Waals surface area (Å²) in [5.74, 6) is -1.01. The summed E-state index contributed by atoms with van der Waals surface area (Å²) < 4.78 is 0. The highest BCUT2D eigenvalue weighted by atomic mass is 16.2. The van der Waals surface area contributed by atoms with Crippen LogP contribution in [-0.2, 0) is 14.4 Å². The zero-order valence-electron chi connectivity index (χ0n) is 12.4. The molecule has 2 atom stereocenters. The predicted molar refractivity (Wildman–Crippen MR) is 74.6 cm³/mol. The largest absolute Gasteiger partial charge is 0.342 e. The van der Waals surface area contributed by atoms with Crippen LogP contribution in [0.2, 0.25) is 0 Å². The standard InChI is InChI=1S/C15H22N2O3/c1-4-16(5-2)13(18)9-17-14(19)11-7-6-10(3)8-12(11)15(17)20/h6,11-12H,4-5,7-9H2,1-3H3/t11-,12+/m0/s1. The lowest BCUT2D eigenvalue weighted by Crippen LogP contribution is -2.43. The molecule has 0 saturated carbocycles. The van der Waals surface area contributed by atoms with E-state index in [9.17, 15) is 14.4 Å². The van der Waals surface area contributed by atoms with Crippen LogP contribution in [0.1, 0.15) is 33.6 Å². The van der Waals surface area contributed by atoms with Crippen LogP contribution in [0.3, 0.4) is 0 Å². The number of likely N-dealkylation sites (tertiary alicyclic amines) is 1. The number of carbonyl (C=O) groups is 3. The monoisotopic (exact) mass is 278 g/mol. The predicted octanol–water partition coefficient (Wildman–Crippen LogP) is 1.20. The summed E-state index contributed by atoms with van der Waals surface area (Å²) in [5, 5.41) is 0. The average molecular weight is 278 g/mol. The summed E-state index contributed by atoms with van der Waals surface area (Å²) in [4.78, 5) is 39.5. The Balaban J connectivity index is 2.09. The van der Waals surface area contributed by atoms with E-state index in [0.29, 0.717) is 25.9 Å². The van der Waals surface area contributed by atoms with E-state index in [0.717, 1.165) is 5.57 Å². The van der Waals surface area contributed by atoms with E-state index in [1.54, 1.807) is 4.90 Å². The number of nitrogens with zero attached hydrogens (tertiary/aromatic N) is 2. The molecule has 0 bridgehead atoms. The number of allylic oxidation sites excluding steroid dienone is 2. The highest BCUT2D eigenvalue weighted by Crippen LogP contribution is 2.37. The van der Waals surface area contributed by atoms with Crippen molar-refractivity contribution in [1.82, 2.24) is 9.80 Å². The van der Waals surface area contributed by atoms with Crippen molar-refractivity contribution in [1.29, 1.82) is 0 Å². The zero-order chi connectivity index (χ0) is 14.9. The second-order valence-corrected chi connectivity index (χ2v) is 5.53. The molecule has 2 rings (SSSR count). The molecule has 1 fully saturated rings. The van der Waals surface area contributed by atoms with Gasteiger partial charge in [0, 0.05) is 13.1 Å². The van der Waals surface area contributed by atoms with Gasteiger partial charge in [-0.2, -0.15) is 0 Å². The Morgan fingerprint density at radius 3 is 2.45 bits per heavy atom. The Kier molecular flexibility index (Phi) is 4.26. The molecule has 1 aliphatic heterocycles. The molecule has 1 saturated heterocycles. The molecule has 110 valence electrons. The molecule has 0 spiro atoms. The topological polar surface area (TPSA) is 57.7 Å². The highest BCUT2D eigenvalue weighted by molar-refractivity contribution is 6.07. The van der Waals surface area contributed by atoms with Crippen molar-refractivity contribution < 1.29 is 14.4 Å². The molecule has 20 heavy (non-hydrogen) atoms. The van der Waals surface area contributed by atoms with Crippen LogP contribution in [-0.4, -0.2) is 47.2 Å². The Hall–Kier alpha value is -1.65. The summed E-state index contributed by atoms with van der Waals surface area (Å²) in [6, 6.07) is 0. The van der Waals surface area contributed by atoms with Gasteiger partial charge in [-0.1, -0.05) is 11.6 Å². The summed E-state index contributed by atoms with van der Waals surface area (Å²) in [6.45, 7) is 6.85. The Labute approximate surface area is 119 Å². The van der Waals surface area contributed by atoms with E-state index in [2.05, 4.69) is 0 Å². The Bertz CT molecular complexity index is 466. The van der Waals surface area contributed by atoms with Crippen LogP contribution in [0.5, 0.6) is 0 Å². The Morgan fingerprint density at radius 2 is 1.85 bits per heavy atom. The molecule has 0 unspecified atom stereocenters.